The fraction of sp³-hybridized carbons (Fsp3) is 0.375. The van der Waals surface area contributed by atoms with Gasteiger partial charge in [-0.2, -0.15) is 0 Å². The summed E-state index contributed by atoms with van der Waals surface area (Å²) in [6.45, 7) is 5.25. The van der Waals surface area contributed by atoms with Crippen molar-refractivity contribution in [3.8, 4) is 10.6 Å². The predicted octanol–water partition coefficient (Wildman–Crippen LogP) is 3.71. The van der Waals surface area contributed by atoms with Gasteiger partial charge in [-0.05, 0) is 12.0 Å². The van der Waals surface area contributed by atoms with Gasteiger partial charge < -0.3 is 10.6 Å². The van der Waals surface area contributed by atoms with Crippen molar-refractivity contribution in [3.05, 3.63) is 41.4 Å². The van der Waals surface area contributed by atoms with E-state index in [1.54, 1.807) is 11.9 Å². The molecule has 2 rings (SSSR count). The lowest BCUT2D eigenvalue weighted by Crippen LogP contribution is -2.39. The summed E-state index contributed by atoms with van der Waals surface area (Å²) in [5.41, 5.74) is 7.16. The molecule has 128 valence electrons. The van der Waals surface area contributed by atoms with Crippen molar-refractivity contribution in [2.75, 3.05) is 20.1 Å². The third kappa shape index (κ3) is 5.77. The molecule has 1 aromatic carbocycles. The fourth-order valence-corrected chi connectivity index (χ4v) is 2.86. The van der Waals surface area contributed by atoms with Crippen LogP contribution in [0.5, 0.6) is 0 Å². The Balaban J connectivity index is 0.00000242. The number of hydrogen-bond donors (Lipinski definition) is 1. The minimum Gasteiger partial charge on any atom is -0.340 e. The number of nitrogens with two attached hydrogens (primary N) is 1. The van der Waals surface area contributed by atoms with E-state index < -0.39 is 0 Å². The zero-order chi connectivity index (χ0) is 15.5. The first kappa shape index (κ1) is 21.9. The lowest BCUT2D eigenvalue weighted by Gasteiger charge is -2.28. The highest BCUT2D eigenvalue weighted by atomic mass is 35.5. The minimum absolute atomic E-state index is 0. The number of aromatic nitrogens is 1. The average molecular weight is 376 g/mol. The number of carbonyl (C=O) groups is 1. The molecule has 0 radical (unpaired) electrons. The Hall–Kier alpha value is -1.14. The molecule has 0 fully saturated rings. The van der Waals surface area contributed by atoms with E-state index in [0.717, 1.165) is 10.6 Å². The number of thiazole rings is 1. The molecule has 0 unspecified atom stereocenters. The number of benzene rings is 1. The van der Waals surface area contributed by atoms with E-state index in [9.17, 15) is 4.79 Å². The van der Waals surface area contributed by atoms with Gasteiger partial charge in [-0.25, -0.2) is 4.98 Å². The Bertz CT molecular complexity index is 617. The van der Waals surface area contributed by atoms with Crippen LogP contribution < -0.4 is 5.73 Å². The zero-order valence-corrected chi connectivity index (χ0v) is 15.9. The average Bonchev–Trinajstić information content (AvgIpc) is 2.96. The van der Waals surface area contributed by atoms with E-state index in [-0.39, 0.29) is 36.1 Å². The molecule has 2 N–H and O–H groups in total. The van der Waals surface area contributed by atoms with Gasteiger partial charge in [-0.1, -0.05) is 44.2 Å². The summed E-state index contributed by atoms with van der Waals surface area (Å²) in [7, 11) is 1.79. The van der Waals surface area contributed by atoms with Crippen molar-refractivity contribution in [2.24, 2.45) is 11.1 Å². The molecule has 2 aromatic rings. The zero-order valence-electron chi connectivity index (χ0n) is 13.5. The van der Waals surface area contributed by atoms with Gasteiger partial charge in [0.15, 0.2) is 0 Å². The van der Waals surface area contributed by atoms with Crippen LogP contribution in [-0.4, -0.2) is 35.9 Å². The summed E-state index contributed by atoms with van der Waals surface area (Å²) in [6, 6.07) is 9.89. The van der Waals surface area contributed by atoms with Gasteiger partial charge in [0.25, 0.3) is 5.91 Å². The van der Waals surface area contributed by atoms with Crippen LogP contribution in [0.3, 0.4) is 0 Å². The second-order valence-corrected chi connectivity index (χ2v) is 6.79. The third-order valence-electron chi connectivity index (χ3n) is 3.31. The van der Waals surface area contributed by atoms with Crippen LogP contribution in [0.2, 0.25) is 0 Å². The molecular weight excluding hydrogens is 353 g/mol. The van der Waals surface area contributed by atoms with Gasteiger partial charge in [0.1, 0.15) is 10.7 Å². The normalized spacial score (nSPS) is 10.4. The molecule has 1 aromatic heterocycles. The van der Waals surface area contributed by atoms with Gasteiger partial charge in [0, 0.05) is 24.5 Å². The van der Waals surface area contributed by atoms with Crippen molar-refractivity contribution >= 4 is 42.1 Å². The molecule has 4 nitrogen and oxygen atoms in total. The van der Waals surface area contributed by atoms with Crippen LogP contribution in [0.4, 0.5) is 0 Å². The largest absolute Gasteiger partial charge is 0.340 e. The van der Waals surface area contributed by atoms with E-state index in [4.69, 9.17) is 5.73 Å². The monoisotopic (exact) mass is 375 g/mol. The quantitative estimate of drug-likeness (QED) is 0.866. The highest BCUT2D eigenvalue weighted by molar-refractivity contribution is 7.13. The Labute approximate surface area is 153 Å². The molecule has 23 heavy (non-hydrogen) atoms. The summed E-state index contributed by atoms with van der Waals surface area (Å²) in [6.07, 6.45) is 0. The second kappa shape index (κ2) is 9.23. The van der Waals surface area contributed by atoms with E-state index in [2.05, 4.69) is 4.98 Å². The lowest BCUT2D eigenvalue weighted by atomic mass is 9.93. The Morgan fingerprint density at radius 2 is 1.87 bits per heavy atom. The first-order chi connectivity index (χ1) is 9.93. The minimum atomic E-state index is -0.0946. The molecular formula is C16H23Cl2N3OS. The number of nitrogens with zero attached hydrogens (tertiary/aromatic N) is 2. The number of halogens is 2. The molecule has 0 aliphatic heterocycles. The Morgan fingerprint density at radius 1 is 1.26 bits per heavy atom. The highest BCUT2D eigenvalue weighted by Gasteiger charge is 2.23. The maximum Gasteiger partial charge on any atom is 0.273 e. The number of carbonyl (C=O) groups excluding carboxylic acids is 1. The molecule has 0 spiro atoms. The van der Waals surface area contributed by atoms with Crippen molar-refractivity contribution in [1.29, 1.82) is 0 Å². The molecule has 0 bridgehead atoms. The first-order valence-corrected chi connectivity index (χ1v) is 7.77. The SMILES string of the molecule is CN(CC(C)(C)CN)C(=O)c1csc(-c2ccccc2)n1.Cl.Cl. The fourth-order valence-electron chi connectivity index (χ4n) is 2.06. The summed E-state index contributed by atoms with van der Waals surface area (Å²) >= 11 is 1.49. The van der Waals surface area contributed by atoms with Crippen molar-refractivity contribution < 1.29 is 4.79 Å². The number of amides is 1. The topological polar surface area (TPSA) is 59.2 Å². The smallest absolute Gasteiger partial charge is 0.273 e. The van der Waals surface area contributed by atoms with E-state index in [1.165, 1.54) is 11.3 Å². The van der Waals surface area contributed by atoms with Gasteiger partial charge in [-0.15, -0.1) is 36.2 Å². The first-order valence-electron chi connectivity index (χ1n) is 6.89. The number of hydrogen-bond acceptors (Lipinski definition) is 4. The molecule has 0 saturated heterocycles. The molecule has 1 heterocycles. The Morgan fingerprint density at radius 3 is 2.43 bits per heavy atom. The van der Waals surface area contributed by atoms with Crippen molar-refractivity contribution in [3.63, 3.8) is 0 Å². The summed E-state index contributed by atoms with van der Waals surface area (Å²) in [5.74, 6) is -0.0602. The number of rotatable bonds is 5. The Kier molecular flexibility index (Phi) is 8.77. The van der Waals surface area contributed by atoms with Crippen LogP contribution in [0.1, 0.15) is 24.3 Å². The van der Waals surface area contributed by atoms with Gasteiger partial charge >= 0.3 is 0 Å². The molecule has 0 atom stereocenters. The standard InChI is InChI=1S/C16H21N3OS.2ClH/c1-16(2,10-17)11-19(3)15(20)13-9-21-14(18-13)12-7-5-4-6-8-12;;/h4-9H,10-11,17H2,1-3H3;2*1H. The van der Waals surface area contributed by atoms with E-state index in [0.29, 0.717) is 18.8 Å². The predicted molar refractivity (Wildman–Crippen MR) is 102 cm³/mol. The summed E-state index contributed by atoms with van der Waals surface area (Å²) in [4.78, 5) is 18.6. The summed E-state index contributed by atoms with van der Waals surface area (Å²) in [5, 5.41) is 2.68. The van der Waals surface area contributed by atoms with E-state index in [1.807, 2.05) is 49.6 Å². The molecule has 7 heteroatoms. The lowest BCUT2D eigenvalue weighted by molar-refractivity contribution is 0.0735. The summed E-state index contributed by atoms with van der Waals surface area (Å²) < 4.78 is 0. The van der Waals surface area contributed by atoms with Crippen LogP contribution in [-0.2, 0) is 0 Å². The van der Waals surface area contributed by atoms with Gasteiger partial charge in [0.05, 0.1) is 0 Å². The molecule has 0 saturated carbocycles. The third-order valence-corrected chi connectivity index (χ3v) is 4.20. The van der Waals surface area contributed by atoms with Crippen LogP contribution >= 0.6 is 36.2 Å². The maximum absolute atomic E-state index is 12.4. The molecule has 0 aliphatic rings. The van der Waals surface area contributed by atoms with Crippen LogP contribution in [0, 0.1) is 5.41 Å². The van der Waals surface area contributed by atoms with Crippen LogP contribution in [0.25, 0.3) is 10.6 Å². The van der Waals surface area contributed by atoms with Crippen molar-refractivity contribution in [2.45, 2.75) is 13.8 Å². The van der Waals surface area contributed by atoms with Crippen LogP contribution in [0.15, 0.2) is 35.7 Å². The van der Waals surface area contributed by atoms with E-state index >= 15 is 0 Å². The van der Waals surface area contributed by atoms with Crippen molar-refractivity contribution in [1.82, 2.24) is 9.88 Å². The maximum atomic E-state index is 12.4. The second-order valence-electron chi connectivity index (χ2n) is 5.93. The molecule has 0 aliphatic carbocycles. The van der Waals surface area contributed by atoms with Gasteiger partial charge in [-0.3, -0.25) is 4.79 Å². The highest BCUT2D eigenvalue weighted by Crippen LogP contribution is 2.24. The van der Waals surface area contributed by atoms with Gasteiger partial charge in [0.2, 0.25) is 0 Å². The molecule has 1 amide bonds.